The first-order chi connectivity index (χ1) is 12.0. The Kier molecular flexibility index (Phi) is 3.54. The van der Waals surface area contributed by atoms with Crippen molar-refractivity contribution in [3.05, 3.63) is 54.4 Å². The molecular formula is C18H16N2O4S. The number of methoxy groups -OCH3 is 1. The average molecular weight is 356 g/mol. The van der Waals surface area contributed by atoms with Crippen LogP contribution in [0.1, 0.15) is 5.69 Å². The van der Waals surface area contributed by atoms with Gasteiger partial charge in [-0.05, 0) is 36.4 Å². The predicted molar refractivity (Wildman–Crippen MR) is 93.0 cm³/mol. The van der Waals surface area contributed by atoms with Crippen molar-refractivity contribution in [1.29, 1.82) is 0 Å². The summed E-state index contributed by atoms with van der Waals surface area (Å²) in [5, 5.41) is 0. The lowest BCUT2D eigenvalue weighted by Gasteiger charge is -2.22. The van der Waals surface area contributed by atoms with Gasteiger partial charge < -0.3 is 9.47 Å². The van der Waals surface area contributed by atoms with Gasteiger partial charge in [-0.25, -0.2) is 13.4 Å². The topological polar surface area (TPSA) is 70.4 Å². The van der Waals surface area contributed by atoms with Crippen LogP contribution in [-0.4, -0.2) is 31.3 Å². The molecule has 1 aromatic heterocycles. The Morgan fingerprint density at radius 3 is 2.60 bits per heavy atom. The van der Waals surface area contributed by atoms with Crippen LogP contribution in [0, 0.1) is 0 Å². The summed E-state index contributed by atoms with van der Waals surface area (Å²) in [6, 6.07) is 12.5. The van der Waals surface area contributed by atoms with E-state index >= 15 is 0 Å². The van der Waals surface area contributed by atoms with E-state index in [1.54, 1.807) is 31.5 Å². The fraction of sp³-hybridized carbons (Fsp3) is 0.167. The molecule has 3 aromatic rings. The van der Waals surface area contributed by atoms with Gasteiger partial charge in [0, 0.05) is 17.9 Å². The second-order valence-corrected chi connectivity index (χ2v) is 7.84. The van der Waals surface area contributed by atoms with Crippen molar-refractivity contribution in [2.45, 2.75) is 11.5 Å². The number of hydrogen-bond acceptors (Lipinski definition) is 5. The van der Waals surface area contributed by atoms with Crippen LogP contribution in [0.3, 0.4) is 0 Å². The van der Waals surface area contributed by atoms with Gasteiger partial charge in [-0.1, -0.05) is 0 Å². The highest BCUT2D eigenvalue weighted by Crippen LogP contribution is 2.36. The van der Waals surface area contributed by atoms with E-state index in [4.69, 9.17) is 9.47 Å². The van der Waals surface area contributed by atoms with E-state index in [9.17, 15) is 8.42 Å². The molecule has 0 N–H and O–H groups in total. The van der Waals surface area contributed by atoms with E-state index in [2.05, 4.69) is 4.98 Å². The Balaban J connectivity index is 1.85. The van der Waals surface area contributed by atoms with Gasteiger partial charge in [-0.3, -0.25) is 4.57 Å². The standard InChI is InChI=1S/C18H16N2O4S/c1-23-14-5-3-12(4-6-14)18-19-10-13-11-24-17-9-15(25(2,21)22)7-8-16(17)20(13)18/h3-10H,11H2,1-2H3. The molecule has 1 aliphatic rings. The number of aromatic nitrogens is 2. The van der Waals surface area contributed by atoms with Crippen LogP contribution in [0.15, 0.2) is 53.6 Å². The number of rotatable bonds is 3. The zero-order valence-corrected chi connectivity index (χ0v) is 14.6. The molecule has 0 saturated heterocycles. The fourth-order valence-electron chi connectivity index (χ4n) is 2.88. The summed E-state index contributed by atoms with van der Waals surface area (Å²) in [5.74, 6) is 2.08. The van der Waals surface area contributed by atoms with Crippen LogP contribution in [-0.2, 0) is 16.4 Å². The van der Waals surface area contributed by atoms with Gasteiger partial charge in [0.15, 0.2) is 9.84 Å². The minimum Gasteiger partial charge on any atom is -0.497 e. The normalized spacial score (nSPS) is 12.9. The quantitative estimate of drug-likeness (QED) is 0.722. The van der Waals surface area contributed by atoms with Gasteiger partial charge >= 0.3 is 0 Å². The first-order valence-corrected chi connectivity index (χ1v) is 9.55. The van der Waals surface area contributed by atoms with Crippen LogP contribution in [0.5, 0.6) is 11.5 Å². The van der Waals surface area contributed by atoms with E-state index in [0.29, 0.717) is 12.4 Å². The summed E-state index contributed by atoms with van der Waals surface area (Å²) >= 11 is 0. The van der Waals surface area contributed by atoms with Gasteiger partial charge in [0.05, 0.1) is 29.6 Å². The number of nitrogens with zero attached hydrogens (tertiary/aromatic N) is 2. The summed E-state index contributed by atoms with van der Waals surface area (Å²) in [7, 11) is -1.66. The van der Waals surface area contributed by atoms with Crippen LogP contribution >= 0.6 is 0 Å². The Morgan fingerprint density at radius 2 is 1.92 bits per heavy atom. The van der Waals surface area contributed by atoms with Gasteiger partial charge in [-0.15, -0.1) is 0 Å². The van der Waals surface area contributed by atoms with Gasteiger partial charge in [0.1, 0.15) is 23.9 Å². The summed E-state index contributed by atoms with van der Waals surface area (Å²) in [6.07, 6.45) is 2.95. The number of benzene rings is 2. The van der Waals surface area contributed by atoms with E-state index in [0.717, 1.165) is 28.5 Å². The monoisotopic (exact) mass is 356 g/mol. The maximum atomic E-state index is 11.8. The van der Waals surface area contributed by atoms with E-state index < -0.39 is 9.84 Å². The SMILES string of the molecule is COc1ccc(-c2ncc3n2-c2ccc(S(C)(=O)=O)cc2OC3)cc1. The molecule has 7 heteroatoms. The number of sulfone groups is 1. The first kappa shape index (κ1) is 15.7. The van der Waals surface area contributed by atoms with Crippen LogP contribution in [0.25, 0.3) is 17.1 Å². The molecule has 6 nitrogen and oxygen atoms in total. The van der Waals surface area contributed by atoms with Crippen molar-refractivity contribution in [1.82, 2.24) is 9.55 Å². The molecule has 0 spiro atoms. The lowest BCUT2D eigenvalue weighted by molar-refractivity contribution is 0.284. The predicted octanol–water partition coefficient (Wildman–Crippen LogP) is 2.84. The molecule has 2 heterocycles. The number of ether oxygens (including phenoxy) is 2. The molecule has 0 unspecified atom stereocenters. The largest absolute Gasteiger partial charge is 0.497 e. The smallest absolute Gasteiger partial charge is 0.175 e. The van der Waals surface area contributed by atoms with Gasteiger partial charge in [-0.2, -0.15) is 0 Å². The average Bonchev–Trinajstić information content (AvgIpc) is 3.05. The van der Waals surface area contributed by atoms with Crippen LogP contribution in [0.4, 0.5) is 0 Å². The number of hydrogen-bond donors (Lipinski definition) is 0. The highest BCUT2D eigenvalue weighted by Gasteiger charge is 2.23. The Morgan fingerprint density at radius 1 is 1.16 bits per heavy atom. The van der Waals surface area contributed by atoms with Crippen molar-refractivity contribution >= 4 is 9.84 Å². The van der Waals surface area contributed by atoms with Crippen molar-refractivity contribution in [2.75, 3.05) is 13.4 Å². The van der Waals surface area contributed by atoms with E-state index in [-0.39, 0.29) is 4.90 Å². The third-order valence-corrected chi connectivity index (χ3v) is 5.27. The summed E-state index contributed by atoms with van der Waals surface area (Å²) < 4.78 is 36.5. The van der Waals surface area contributed by atoms with E-state index in [1.807, 2.05) is 28.8 Å². The molecule has 0 atom stereocenters. The highest BCUT2D eigenvalue weighted by atomic mass is 32.2. The van der Waals surface area contributed by atoms with Crippen LogP contribution < -0.4 is 9.47 Å². The van der Waals surface area contributed by atoms with Crippen molar-refractivity contribution in [3.8, 4) is 28.6 Å². The maximum Gasteiger partial charge on any atom is 0.175 e. The van der Waals surface area contributed by atoms with Crippen molar-refractivity contribution < 1.29 is 17.9 Å². The van der Waals surface area contributed by atoms with Crippen molar-refractivity contribution in [3.63, 3.8) is 0 Å². The molecule has 0 radical (unpaired) electrons. The first-order valence-electron chi connectivity index (χ1n) is 7.66. The third kappa shape index (κ3) is 2.66. The zero-order chi connectivity index (χ0) is 17.6. The molecule has 0 fully saturated rings. The summed E-state index contributed by atoms with van der Waals surface area (Å²) in [6.45, 7) is 0.337. The molecule has 1 aliphatic heterocycles. The number of imidazole rings is 1. The minimum atomic E-state index is -3.29. The maximum absolute atomic E-state index is 11.8. The fourth-order valence-corrected chi connectivity index (χ4v) is 3.51. The third-order valence-electron chi connectivity index (χ3n) is 4.16. The molecule has 0 bridgehead atoms. The summed E-state index contributed by atoms with van der Waals surface area (Å²) in [5.41, 5.74) is 2.62. The minimum absolute atomic E-state index is 0.237. The summed E-state index contributed by atoms with van der Waals surface area (Å²) in [4.78, 5) is 4.75. The van der Waals surface area contributed by atoms with Crippen LogP contribution in [0.2, 0.25) is 0 Å². The molecule has 128 valence electrons. The molecule has 0 amide bonds. The lowest BCUT2D eigenvalue weighted by Crippen LogP contribution is -2.13. The molecule has 2 aromatic carbocycles. The highest BCUT2D eigenvalue weighted by molar-refractivity contribution is 7.90. The van der Waals surface area contributed by atoms with Gasteiger partial charge in [0.2, 0.25) is 0 Å². The van der Waals surface area contributed by atoms with Crippen molar-refractivity contribution in [2.24, 2.45) is 0 Å². The Hall–Kier alpha value is -2.80. The number of fused-ring (bicyclic) bond motifs is 3. The molecule has 0 aliphatic carbocycles. The Bertz CT molecular complexity index is 1050. The lowest BCUT2D eigenvalue weighted by atomic mass is 10.2. The molecular weight excluding hydrogens is 340 g/mol. The Labute approximate surface area is 145 Å². The molecule has 25 heavy (non-hydrogen) atoms. The zero-order valence-electron chi connectivity index (χ0n) is 13.8. The molecule has 4 rings (SSSR count). The van der Waals surface area contributed by atoms with E-state index in [1.165, 1.54) is 6.26 Å². The second kappa shape index (κ2) is 5.63. The van der Waals surface area contributed by atoms with Gasteiger partial charge in [0.25, 0.3) is 0 Å². The second-order valence-electron chi connectivity index (χ2n) is 5.83. The molecule has 0 saturated carbocycles.